The maximum atomic E-state index is 8.03. The second-order valence-corrected chi connectivity index (χ2v) is 2.71. The summed E-state index contributed by atoms with van der Waals surface area (Å²) < 4.78 is 0. The van der Waals surface area contributed by atoms with Crippen LogP contribution in [-0.4, -0.2) is 16.5 Å². The summed E-state index contributed by atoms with van der Waals surface area (Å²) in [7, 11) is 0. The van der Waals surface area contributed by atoms with Crippen molar-refractivity contribution < 1.29 is 0 Å². The van der Waals surface area contributed by atoms with E-state index in [9.17, 15) is 0 Å². The van der Waals surface area contributed by atoms with Crippen LogP contribution in [0.1, 0.15) is 17.8 Å². The first-order valence-corrected chi connectivity index (χ1v) is 4.29. The molecule has 1 aromatic heterocycles. The molecule has 0 saturated heterocycles. The molecule has 0 bridgehead atoms. The van der Waals surface area contributed by atoms with Gasteiger partial charge < -0.3 is 0 Å². The molecule has 0 unspecified atom stereocenters. The molecule has 72 valence electrons. The molecule has 1 aromatic rings. The summed E-state index contributed by atoms with van der Waals surface area (Å²) >= 11 is 0. The van der Waals surface area contributed by atoms with Crippen LogP contribution in [0.25, 0.3) is 16.5 Å². The quantitative estimate of drug-likeness (QED) is 0.316. The van der Waals surface area contributed by atoms with Gasteiger partial charge in [-0.2, -0.15) is 0 Å². The van der Waals surface area contributed by atoms with Crippen molar-refractivity contribution >= 4 is 6.08 Å². The molecule has 0 atom stereocenters. The Hall–Kier alpha value is -1.87. The van der Waals surface area contributed by atoms with Crippen molar-refractivity contribution in [1.82, 2.24) is 9.97 Å². The molecule has 5 heteroatoms. The molecule has 0 aliphatic heterocycles. The van der Waals surface area contributed by atoms with E-state index in [-0.39, 0.29) is 0 Å². The second kappa shape index (κ2) is 5.72. The van der Waals surface area contributed by atoms with Crippen molar-refractivity contribution in [2.24, 2.45) is 5.11 Å². The third kappa shape index (κ3) is 3.69. The minimum absolute atomic E-state index is 0.486. The number of nitrogens with zero attached hydrogens (tertiary/aromatic N) is 5. The summed E-state index contributed by atoms with van der Waals surface area (Å²) in [6, 6.07) is 0. The van der Waals surface area contributed by atoms with Crippen LogP contribution in [0.3, 0.4) is 0 Å². The largest absolute Gasteiger partial charge is 0.241 e. The molecule has 0 radical (unpaired) electrons. The average Bonchev–Trinajstić information content (AvgIpc) is 2.21. The summed E-state index contributed by atoms with van der Waals surface area (Å²) in [5.74, 6) is 0.760. The summed E-state index contributed by atoms with van der Waals surface area (Å²) in [6.45, 7) is 2.33. The van der Waals surface area contributed by atoms with Gasteiger partial charge in [0.2, 0.25) is 0 Å². The summed E-state index contributed by atoms with van der Waals surface area (Å²) in [5.41, 5.74) is 8.98. The van der Waals surface area contributed by atoms with Gasteiger partial charge >= 0.3 is 0 Å². The summed E-state index contributed by atoms with van der Waals surface area (Å²) in [5, 5.41) is 3.42. The highest BCUT2D eigenvalue weighted by Gasteiger charge is 1.87. The van der Waals surface area contributed by atoms with Crippen LogP contribution in [0.5, 0.6) is 0 Å². The Labute approximate surface area is 82.1 Å². The molecule has 0 amide bonds. The van der Waals surface area contributed by atoms with Gasteiger partial charge in [-0.3, -0.25) is 0 Å². The zero-order valence-electron chi connectivity index (χ0n) is 7.96. The lowest BCUT2D eigenvalue weighted by Gasteiger charge is -1.92. The Morgan fingerprint density at radius 3 is 2.86 bits per heavy atom. The van der Waals surface area contributed by atoms with Gasteiger partial charge in [-0.25, -0.2) is 9.97 Å². The summed E-state index contributed by atoms with van der Waals surface area (Å²) in [6.07, 6.45) is 8.09. The SMILES string of the molecule is Cc1ncc(C=CCCN=[N+]=[N-])cn1. The number of aryl methyl sites for hydroxylation is 1. The van der Waals surface area contributed by atoms with Gasteiger partial charge in [-0.15, -0.1) is 0 Å². The van der Waals surface area contributed by atoms with Gasteiger partial charge in [0, 0.05) is 29.4 Å². The topological polar surface area (TPSA) is 74.5 Å². The highest BCUT2D eigenvalue weighted by molar-refractivity contribution is 5.46. The van der Waals surface area contributed by atoms with Crippen molar-refractivity contribution in [3.8, 4) is 0 Å². The highest BCUT2D eigenvalue weighted by atomic mass is 15.1. The number of azide groups is 1. The first-order valence-electron chi connectivity index (χ1n) is 4.29. The lowest BCUT2D eigenvalue weighted by Crippen LogP contribution is -1.86. The van der Waals surface area contributed by atoms with Crippen LogP contribution in [0, 0.1) is 6.92 Å². The van der Waals surface area contributed by atoms with Crippen molar-refractivity contribution in [3.63, 3.8) is 0 Å². The van der Waals surface area contributed by atoms with E-state index in [0.29, 0.717) is 6.54 Å². The molecule has 0 aliphatic carbocycles. The molecule has 0 saturated carbocycles. The van der Waals surface area contributed by atoms with Gasteiger partial charge in [-0.1, -0.05) is 17.3 Å². The van der Waals surface area contributed by atoms with Crippen LogP contribution >= 0.6 is 0 Å². The molecule has 0 aliphatic rings. The predicted octanol–water partition coefficient (Wildman–Crippen LogP) is 2.50. The zero-order chi connectivity index (χ0) is 10.2. The number of hydrogen-bond acceptors (Lipinski definition) is 3. The number of rotatable bonds is 4. The smallest absolute Gasteiger partial charge is 0.125 e. The number of aromatic nitrogens is 2. The first-order chi connectivity index (χ1) is 6.83. The van der Waals surface area contributed by atoms with E-state index >= 15 is 0 Å². The predicted molar refractivity (Wildman–Crippen MR) is 54.4 cm³/mol. The molecular formula is C9H11N5. The number of hydrogen-bond donors (Lipinski definition) is 0. The van der Waals surface area contributed by atoms with Crippen LogP contribution in [0.2, 0.25) is 0 Å². The Kier molecular flexibility index (Phi) is 4.17. The zero-order valence-corrected chi connectivity index (χ0v) is 7.96. The average molecular weight is 189 g/mol. The van der Waals surface area contributed by atoms with E-state index < -0.39 is 0 Å². The summed E-state index contributed by atoms with van der Waals surface area (Å²) in [4.78, 5) is 10.8. The van der Waals surface area contributed by atoms with Crippen molar-refractivity contribution in [3.05, 3.63) is 40.3 Å². The van der Waals surface area contributed by atoms with E-state index in [0.717, 1.165) is 17.8 Å². The molecule has 5 nitrogen and oxygen atoms in total. The Morgan fingerprint density at radius 1 is 1.50 bits per heavy atom. The molecule has 1 heterocycles. The molecule has 1 rings (SSSR count). The monoisotopic (exact) mass is 189 g/mol. The first kappa shape index (κ1) is 10.2. The fourth-order valence-corrected chi connectivity index (χ4v) is 0.885. The molecule has 0 aromatic carbocycles. The van der Waals surface area contributed by atoms with Crippen LogP contribution < -0.4 is 0 Å². The van der Waals surface area contributed by atoms with Crippen molar-refractivity contribution in [2.45, 2.75) is 13.3 Å². The van der Waals surface area contributed by atoms with Crippen molar-refractivity contribution in [2.75, 3.05) is 6.54 Å². The fourth-order valence-electron chi connectivity index (χ4n) is 0.885. The third-order valence-corrected chi connectivity index (χ3v) is 1.57. The van der Waals surface area contributed by atoms with Crippen LogP contribution in [0.4, 0.5) is 0 Å². The lowest BCUT2D eigenvalue weighted by atomic mass is 10.3. The van der Waals surface area contributed by atoms with E-state index in [4.69, 9.17) is 5.53 Å². The Bertz CT molecular complexity index is 348. The minimum atomic E-state index is 0.486. The van der Waals surface area contributed by atoms with Gasteiger partial charge in [0.15, 0.2) is 0 Å². The minimum Gasteiger partial charge on any atom is -0.241 e. The van der Waals surface area contributed by atoms with Crippen LogP contribution in [-0.2, 0) is 0 Å². The maximum absolute atomic E-state index is 8.03. The molecule has 0 N–H and O–H groups in total. The normalized spacial score (nSPS) is 10.1. The van der Waals surface area contributed by atoms with Crippen molar-refractivity contribution in [1.29, 1.82) is 0 Å². The van der Waals surface area contributed by atoms with Crippen LogP contribution in [0.15, 0.2) is 23.6 Å². The van der Waals surface area contributed by atoms with Gasteiger partial charge in [0.05, 0.1) is 0 Å². The van der Waals surface area contributed by atoms with Gasteiger partial charge in [0.1, 0.15) is 5.82 Å². The fraction of sp³-hybridized carbons (Fsp3) is 0.333. The molecular weight excluding hydrogens is 178 g/mol. The van der Waals surface area contributed by atoms with E-state index in [1.54, 1.807) is 12.4 Å². The van der Waals surface area contributed by atoms with Gasteiger partial charge in [0.25, 0.3) is 0 Å². The van der Waals surface area contributed by atoms with E-state index in [1.165, 1.54) is 0 Å². The van der Waals surface area contributed by atoms with E-state index in [1.807, 2.05) is 19.1 Å². The molecule has 0 fully saturated rings. The maximum Gasteiger partial charge on any atom is 0.125 e. The Balaban J connectivity index is 2.43. The molecule has 14 heavy (non-hydrogen) atoms. The standard InChI is InChI=1S/C9H11N5/c1-8-11-6-9(7-12-8)4-2-3-5-13-14-10/h2,4,6-7H,3,5H2,1H3. The lowest BCUT2D eigenvalue weighted by molar-refractivity contribution is 0.994. The molecule has 0 spiro atoms. The van der Waals surface area contributed by atoms with E-state index in [2.05, 4.69) is 20.0 Å². The third-order valence-electron chi connectivity index (χ3n) is 1.57. The van der Waals surface area contributed by atoms with Gasteiger partial charge in [-0.05, 0) is 18.9 Å². The second-order valence-electron chi connectivity index (χ2n) is 2.71. The highest BCUT2D eigenvalue weighted by Crippen LogP contribution is 1.99. The Morgan fingerprint density at radius 2 is 2.21 bits per heavy atom.